The molecule has 88 valence electrons. The Morgan fingerprint density at radius 2 is 2.00 bits per heavy atom. The minimum absolute atomic E-state index is 0.106. The van der Waals surface area contributed by atoms with Gasteiger partial charge in [-0.1, -0.05) is 26.2 Å². The zero-order chi connectivity index (χ0) is 11.8. The molecule has 0 aromatic carbocycles. The van der Waals surface area contributed by atoms with E-state index in [4.69, 9.17) is 10.8 Å². The number of primary amides is 1. The van der Waals surface area contributed by atoms with Crippen molar-refractivity contribution in [1.29, 1.82) is 0 Å². The molecule has 1 atom stereocenters. The number of nitrogens with two attached hydrogens (primary N) is 1. The molecule has 0 radical (unpaired) electrons. The second kappa shape index (κ2) is 7.09. The summed E-state index contributed by atoms with van der Waals surface area (Å²) in [6.07, 6.45) is 3.97. The number of rotatable bonds is 7. The van der Waals surface area contributed by atoms with E-state index in [2.05, 4.69) is 6.92 Å². The number of unbranched alkanes of at least 4 members (excludes halogenated alkanes) is 2. The summed E-state index contributed by atoms with van der Waals surface area (Å²) in [7, 11) is 0. The summed E-state index contributed by atoms with van der Waals surface area (Å²) in [4.78, 5) is 22.7. The van der Waals surface area contributed by atoms with Crippen LogP contribution in [0.5, 0.6) is 0 Å². The van der Waals surface area contributed by atoms with Crippen LogP contribution in [-0.4, -0.2) is 34.6 Å². The van der Waals surface area contributed by atoms with Crippen LogP contribution in [-0.2, 0) is 4.79 Å². The van der Waals surface area contributed by atoms with E-state index in [1.54, 1.807) is 0 Å². The minimum Gasteiger partial charge on any atom is -0.480 e. The fourth-order valence-corrected chi connectivity index (χ4v) is 1.44. The summed E-state index contributed by atoms with van der Waals surface area (Å²) in [6, 6.07) is -0.772. The average molecular weight is 216 g/mol. The maximum atomic E-state index is 11.0. The van der Waals surface area contributed by atoms with Crippen LogP contribution >= 0.6 is 0 Å². The Hall–Kier alpha value is -1.26. The van der Waals surface area contributed by atoms with Gasteiger partial charge in [0.2, 0.25) is 0 Å². The van der Waals surface area contributed by atoms with Gasteiger partial charge in [0.05, 0.1) is 0 Å². The maximum absolute atomic E-state index is 11.0. The molecule has 1 unspecified atom stereocenters. The van der Waals surface area contributed by atoms with Crippen LogP contribution in [0.4, 0.5) is 4.79 Å². The largest absolute Gasteiger partial charge is 0.480 e. The van der Waals surface area contributed by atoms with Crippen LogP contribution in [0, 0.1) is 0 Å². The molecule has 0 aliphatic carbocycles. The van der Waals surface area contributed by atoms with E-state index in [0.29, 0.717) is 0 Å². The van der Waals surface area contributed by atoms with Gasteiger partial charge in [0.25, 0.3) is 0 Å². The van der Waals surface area contributed by atoms with Crippen LogP contribution in [0.3, 0.4) is 0 Å². The van der Waals surface area contributed by atoms with Crippen LogP contribution in [0.25, 0.3) is 0 Å². The van der Waals surface area contributed by atoms with Crippen molar-refractivity contribution in [3.63, 3.8) is 0 Å². The van der Waals surface area contributed by atoms with Gasteiger partial charge in [-0.25, -0.2) is 4.79 Å². The zero-order valence-electron chi connectivity index (χ0n) is 9.40. The van der Waals surface area contributed by atoms with Gasteiger partial charge in [0.1, 0.15) is 6.54 Å². The first kappa shape index (κ1) is 13.7. The van der Waals surface area contributed by atoms with Crippen molar-refractivity contribution in [3.05, 3.63) is 0 Å². The van der Waals surface area contributed by atoms with E-state index in [1.807, 2.05) is 6.92 Å². The van der Waals surface area contributed by atoms with Crippen molar-refractivity contribution >= 4 is 12.0 Å². The number of nitrogens with zero attached hydrogens (tertiary/aromatic N) is 1. The van der Waals surface area contributed by atoms with Gasteiger partial charge in [-0.3, -0.25) is 4.79 Å². The molecule has 0 fully saturated rings. The second-order valence-electron chi connectivity index (χ2n) is 3.70. The third-order valence-corrected chi connectivity index (χ3v) is 2.35. The number of hydrogen-bond acceptors (Lipinski definition) is 2. The van der Waals surface area contributed by atoms with Gasteiger partial charge in [-0.2, -0.15) is 0 Å². The molecule has 0 aliphatic rings. The molecule has 3 N–H and O–H groups in total. The number of carbonyl (C=O) groups excluding carboxylic acids is 1. The predicted octanol–water partition coefficient (Wildman–Crippen LogP) is 1.42. The summed E-state index contributed by atoms with van der Waals surface area (Å²) < 4.78 is 0. The van der Waals surface area contributed by atoms with E-state index in [-0.39, 0.29) is 12.6 Å². The highest BCUT2D eigenvalue weighted by Crippen LogP contribution is 2.09. The summed E-state index contributed by atoms with van der Waals surface area (Å²) >= 11 is 0. The molecule has 0 saturated heterocycles. The Morgan fingerprint density at radius 3 is 2.40 bits per heavy atom. The van der Waals surface area contributed by atoms with Crippen LogP contribution in [0.15, 0.2) is 0 Å². The zero-order valence-corrected chi connectivity index (χ0v) is 9.40. The van der Waals surface area contributed by atoms with Gasteiger partial charge in [0, 0.05) is 6.04 Å². The van der Waals surface area contributed by atoms with Crippen molar-refractivity contribution in [2.75, 3.05) is 6.54 Å². The Morgan fingerprint density at radius 1 is 1.40 bits per heavy atom. The maximum Gasteiger partial charge on any atom is 0.323 e. The summed E-state index contributed by atoms with van der Waals surface area (Å²) in [5.74, 6) is -1.03. The molecule has 5 heteroatoms. The third kappa shape index (κ3) is 5.93. The van der Waals surface area contributed by atoms with E-state index in [1.165, 1.54) is 4.90 Å². The van der Waals surface area contributed by atoms with E-state index < -0.39 is 12.0 Å². The van der Waals surface area contributed by atoms with E-state index >= 15 is 0 Å². The van der Waals surface area contributed by atoms with Crippen LogP contribution in [0.1, 0.15) is 39.5 Å². The number of amides is 2. The highest BCUT2D eigenvalue weighted by atomic mass is 16.4. The van der Waals surface area contributed by atoms with Gasteiger partial charge < -0.3 is 15.7 Å². The summed E-state index contributed by atoms with van der Waals surface area (Å²) in [6.45, 7) is 3.60. The van der Waals surface area contributed by atoms with Crippen LogP contribution in [0.2, 0.25) is 0 Å². The second-order valence-corrected chi connectivity index (χ2v) is 3.70. The Labute approximate surface area is 90.2 Å². The fourth-order valence-electron chi connectivity index (χ4n) is 1.44. The smallest absolute Gasteiger partial charge is 0.323 e. The molecular weight excluding hydrogens is 196 g/mol. The topological polar surface area (TPSA) is 83.6 Å². The SMILES string of the molecule is CCCCCC(C)N(CC(=O)O)C(N)=O. The number of hydrogen-bond donors (Lipinski definition) is 2. The highest BCUT2D eigenvalue weighted by Gasteiger charge is 2.19. The molecule has 0 aromatic rings. The first-order valence-corrected chi connectivity index (χ1v) is 5.26. The molecule has 2 amide bonds. The minimum atomic E-state index is -1.03. The van der Waals surface area contributed by atoms with E-state index in [0.717, 1.165) is 25.7 Å². The molecule has 0 saturated carbocycles. The number of aliphatic carboxylic acids is 1. The Bertz CT molecular complexity index is 219. The van der Waals surface area contributed by atoms with Crippen molar-refractivity contribution in [2.45, 2.75) is 45.6 Å². The molecule has 0 aromatic heterocycles. The lowest BCUT2D eigenvalue weighted by atomic mass is 10.1. The third-order valence-electron chi connectivity index (χ3n) is 2.35. The summed E-state index contributed by atoms with van der Waals surface area (Å²) in [5.41, 5.74) is 5.11. The molecule has 0 heterocycles. The Balaban J connectivity index is 4.10. The number of carboxylic acid groups (broad SMARTS) is 1. The van der Waals surface area contributed by atoms with E-state index in [9.17, 15) is 9.59 Å². The van der Waals surface area contributed by atoms with Gasteiger partial charge in [0.15, 0.2) is 0 Å². The standard InChI is InChI=1S/C10H20N2O3/c1-3-4-5-6-8(2)12(10(11)15)7-9(13)14/h8H,3-7H2,1-2H3,(H2,11,15)(H,13,14). The first-order valence-electron chi connectivity index (χ1n) is 5.26. The van der Waals surface area contributed by atoms with Crippen molar-refractivity contribution < 1.29 is 14.7 Å². The normalized spacial score (nSPS) is 12.1. The molecule has 15 heavy (non-hydrogen) atoms. The predicted molar refractivity (Wildman–Crippen MR) is 57.5 cm³/mol. The van der Waals surface area contributed by atoms with Gasteiger partial charge >= 0.3 is 12.0 Å². The number of carboxylic acids is 1. The molecule has 0 rings (SSSR count). The highest BCUT2D eigenvalue weighted by molar-refractivity contribution is 5.79. The molecule has 0 aliphatic heterocycles. The van der Waals surface area contributed by atoms with Crippen molar-refractivity contribution in [3.8, 4) is 0 Å². The number of urea groups is 1. The average Bonchev–Trinajstić information content (AvgIpc) is 2.13. The summed E-state index contributed by atoms with van der Waals surface area (Å²) in [5, 5.41) is 8.60. The lowest BCUT2D eigenvalue weighted by Gasteiger charge is -2.25. The van der Waals surface area contributed by atoms with Crippen LogP contribution < -0.4 is 5.73 Å². The van der Waals surface area contributed by atoms with Gasteiger partial charge in [-0.05, 0) is 13.3 Å². The molecular formula is C10H20N2O3. The van der Waals surface area contributed by atoms with Crippen molar-refractivity contribution in [1.82, 2.24) is 4.90 Å². The Kier molecular flexibility index (Phi) is 6.49. The van der Waals surface area contributed by atoms with Gasteiger partial charge in [-0.15, -0.1) is 0 Å². The first-order chi connectivity index (χ1) is 6.99. The lowest BCUT2D eigenvalue weighted by molar-refractivity contribution is -0.138. The molecule has 5 nitrogen and oxygen atoms in total. The monoisotopic (exact) mass is 216 g/mol. The quantitative estimate of drug-likeness (QED) is 0.631. The van der Waals surface area contributed by atoms with Crippen molar-refractivity contribution in [2.24, 2.45) is 5.73 Å². The number of carbonyl (C=O) groups is 2. The lowest BCUT2D eigenvalue weighted by Crippen LogP contribution is -2.45. The molecule has 0 bridgehead atoms. The fraction of sp³-hybridized carbons (Fsp3) is 0.800. The molecule has 0 spiro atoms.